The Morgan fingerprint density at radius 3 is 2.43 bits per heavy atom. The molecule has 1 aromatic carbocycles. The second kappa shape index (κ2) is 6.71. The van der Waals surface area contributed by atoms with Gasteiger partial charge >= 0.3 is 0 Å². The van der Waals surface area contributed by atoms with Crippen molar-refractivity contribution in [3.8, 4) is 0 Å². The summed E-state index contributed by atoms with van der Waals surface area (Å²) in [7, 11) is -3.48. The third kappa shape index (κ3) is 2.91. The summed E-state index contributed by atoms with van der Waals surface area (Å²) in [6, 6.07) is 5.83. The second-order valence-electron chi connectivity index (χ2n) is 9.19. The molecule has 3 aliphatic rings. The van der Waals surface area contributed by atoms with Crippen LogP contribution in [0.5, 0.6) is 0 Å². The molecule has 0 aromatic heterocycles. The Labute approximate surface area is 173 Å². The van der Waals surface area contributed by atoms with E-state index in [-0.39, 0.29) is 17.0 Å². The predicted octanol–water partition coefficient (Wildman–Crippen LogP) is 3.50. The number of carbonyl (C=O) groups excluding carboxylic acids is 1. The third-order valence-electron chi connectivity index (χ3n) is 7.78. The minimum absolute atomic E-state index is 0.0292. The molecule has 1 saturated heterocycles. The number of benzene rings is 1. The summed E-state index contributed by atoms with van der Waals surface area (Å²) < 4.78 is 28.1. The van der Waals surface area contributed by atoms with Gasteiger partial charge < -0.3 is 4.90 Å². The fraction of sp³-hybridized carbons (Fsp3) is 0.667. The topological polar surface area (TPSA) is 57.7 Å². The second-order valence-corrected chi connectivity index (χ2v) is 11.6. The lowest BCUT2D eigenvalue weighted by molar-refractivity contribution is -0.128. The highest BCUT2D eigenvalue weighted by Crippen LogP contribution is 2.64. The predicted molar refractivity (Wildman–Crippen MR) is 112 cm³/mol. The number of sulfonamides is 1. The molecule has 2 aliphatic carbocycles. The molecule has 1 aromatic rings. The van der Waals surface area contributed by atoms with Gasteiger partial charge in [0.1, 0.15) is 5.78 Å². The lowest BCUT2D eigenvalue weighted by Crippen LogP contribution is -2.52. The van der Waals surface area contributed by atoms with Gasteiger partial charge in [-0.05, 0) is 48.8 Å². The average molecular weight is 425 g/mol. The number of halogens is 1. The number of rotatable bonds is 4. The molecular formula is C21H29ClN2O3S. The van der Waals surface area contributed by atoms with Crippen LogP contribution in [0.25, 0.3) is 0 Å². The molecule has 2 bridgehead atoms. The van der Waals surface area contributed by atoms with E-state index in [0.29, 0.717) is 44.9 Å². The summed E-state index contributed by atoms with van der Waals surface area (Å²) in [6.07, 6.45) is 2.23. The minimum Gasteiger partial charge on any atom is -0.369 e. The van der Waals surface area contributed by atoms with Gasteiger partial charge in [0.05, 0.1) is 5.75 Å². The first-order chi connectivity index (χ1) is 13.1. The van der Waals surface area contributed by atoms with E-state index in [1.165, 1.54) is 0 Å². The van der Waals surface area contributed by atoms with Crippen molar-refractivity contribution in [2.75, 3.05) is 36.8 Å². The van der Waals surface area contributed by atoms with Crippen LogP contribution in [0.15, 0.2) is 18.2 Å². The van der Waals surface area contributed by atoms with E-state index in [1.54, 1.807) is 4.31 Å². The molecule has 0 amide bonds. The van der Waals surface area contributed by atoms with Crippen LogP contribution in [0.2, 0.25) is 5.02 Å². The first kappa shape index (κ1) is 20.2. The first-order valence-electron chi connectivity index (χ1n) is 10.1. The van der Waals surface area contributed by atoms with Gasteiger partial charge in [0.2, 0.25) is 10.0 Å². The molecule has 7 heteroatoms. The summed E-state index contributed by atoms with van der Waals surface area (Å²) in [5.41, 5.74) is 1.16. The van der Waals surface area contributed by atoms with Crippen LogP contribution in [0.3, 0.4) is 0 Å². The van der Waals surface area contributed by atoms with E-state index in [4.69, 9.17) is 11.6 Å². The van der Waals surface area contributed by atoms with Crippen molar-refractivity contribution < 1.29 is 13.2 Å². The number of nitrogens with zero attached hydrogens (tertiary/aromatic N) is 2. The fourth-order valence-corrected chi connectivity index (χ4v) is 8.03. The fourth-order valence-electron chi connectivity index (χ4n) is 5.66. The van der Waals surface area contributed by atoms with E-state index in [2.05, 4.69) is 18.7 Å². The summed E-state index contributed by atoms with van der Waals surface area (Å²) in [4.78, 5) is 14.9. The first-order valence-corrected chi connectivity index (χ1v) is 12.1. The summed E-state index contributed by atoms with van der Waals surface area (Å²) >= 11 is 6.24. The smallest absolute Gasteiger partial charge is 0.215 e. The van der Waals surface area contributed by atoms with Crippen LogP contribution in [-0.4, -0.2) is 50.4 Å². The highest BCUT2D eigenvalue weighted by molar-refractivity contribution is 7.89. The highest BCUT2D eigenvalue weighted by atomic mass is 35.5. The van der Waals surface area contributed by atoms with Gasteiger partial charge in [-0.3, -0.25) is 4.79 Å². The van der Waals surface area contributed by atoms with Crippen LogP contribution in [0.1, 0.15) is 38.7 Å². The average Bonchev–Trinajstić information content (AvgIpc) is 2.98. The Morgan fingerprint density at radius 1 is 1.18 bits per heavy atom. The number of piperazine rings is 1. The van der Waals surface area contributed by atoms with Crippen LogP contribution in [-0.2, 0) is 14.8 Å². The van der Waals surface area contributed by atoms with Crippen molar-refractivity contribution in [1.29, 1.82) is 0 Å². The SMILES string of the molecule is Cc1c(Cl)cccc1N1CCN(S(=O)(=O)C[C@@]23CC[C@H](CC2=O)C3(C)C)CC1. The minimum atomic E-state index is -3.48. The normalized spacial score (nSPS) is 30.2. The van der Waals surface area contributed by atoms with Crippen molar-refractivity contribution >= 4 is 33.1 Å². The number of hydrogen-bond acceptors (Lipinski definition) is 4. The monoisotopic (exact) mass is 424 g/mol. The number of ketones is 1. The Hall–Kier alpha value is -1.11. The maximum atomic E-state index is 13.3. The molecule has 5 nitrogen and oxygen atoms in total. The lowest BCUT2D eigenvalue weighted by atomic mass is 9.70. The van der Waals surface area contributed by atoms with Gasteiger partial charge in [-0.1, -0.05) is 31.5 Å². The van der Waals surface area contributed by atoms with Gasteiger partial charge in [-0.25, -0.2) is 8.42 Å². The number of fused-ring (bicyclic) bond motifs is 2. The van der Waals surface area contributed by atoms with E-state index in [0.717, 1.165) is 22.7 Å². The van der Waals surface area contributed by atoms with Crippen molar-refractivity contribution in [3.05, 3.63) is 28.8 Å². The van der Waals surface area contributed by atoms with Crippen molar-refractivity contribution in [3.63, 3.8) is 0 Å². The molecule has 0 N–H and O–H groups in total. The van der Waals surface area contributed by atoms with E-state index in [1.807, 2.05) is 25.1 Å². The zero-order valence-corrected chi connectivity index (χ0v) is 18.4. The van der Waals surface area contributed by atoms with Crippen LogP contribution in [0.4, 0.5) is 5.69 Å². The maximum absolute atomic E-state index is 13.3. The molecule has 0 unspecified atom stereocenters. The molecule has 2 saturated carbocycles. The van der Waals surface area contributed by atoms with Crippen molar-refractivity contribution in [2.45, 2.75) is 40.0 Å². The van der Waals surface area contributed by atoms with Gasteiger partial charge in [-0.15, -0.1) is 0 Å². The van der Waals surface area contributed by atoms with E-state index in [9.17, 15) is 13.2 Å². The maximum Gasteiger partial charge on any atom is 0.215 e. The standard InChI is InChI=1S/C21H29ClN2O3S/c1-15-17(22)5-4-6-18(15)23-9-11-24(12-10-23)28(26,27)14-21-8-7-16(13-19(21)25)20(21,2)3/h4-6,16H,7-14H2,1-3H3/t16-,21+/m1/s1. The lowest BCUT2D eigenvalue weighted by Gasteiger charge is -2.40. The van der Waals surface area contributed by atoms with Gasteiger partial charge in [-0.2, -0.15) is 4.31 Å². The number of Topliss-reactive ketones (excluding diaryl/α,β-unsaturated/α-hetero) is 1. The largest absolute Gasteiger partial charge is 0.369 e. The Kier molecular flexibility index (Phi) is 4.83. The van der Waals surface area contributed by atoms with Crippen LogP contribution < -0.4 is 4.90 Å². The zero-order chi connectivity index (χ0) is 20.3. The Balaban J connectivity index is 1.49. The number of carbonyl (C=O) groups is 1. The molecule has 154 valence electrons. The van der Waals surface area contributed by atoms with Crippen molar-refractivity contribution in [1.82, 2.24) is 4.31 Å². The molecule has 3 fully saturated rings. The van der Waals surface area contributed by atoms with Crippen molar-refractivity contribution in [2.24, 2.45) is 16.7 Å². The Bertz CT molecular complexity index is 906. The summed E-state index contributed by atoms with van der Waals surface area (Å²) in [5.74, 6) is 0.460. The van der Waals surface area contributed by atoms with Gasteiger partial charge in [0.25, 0.3) is 0 Å². The number of anilines is 1. The zero-order valence-electron chi connectivity index (χ0n) is 16.9. The van der Waals surface area contributed by atoms with Crippen LogP contribution >= 0.6 is 11.6 Å². The number of hydrogen-bond donors (Lipinski definition) is 0. The molecule has 2 atom stereocenters. The van der Waals surface area contributed by atoms with Crippen LogP contribution in [0, 0.1) is 23.7 Å². The molecule has 1 heterocycles. The van der Waals surface area contributed by atoms with Gasteiger partial charge in [0.15, 0.2) is 0 Å². The highest BCUT2D eigenvalue weighted by Gasteiger charge is 2.65. The Morgan fingerprint density at radius 2 is 1.86 bits per heavy atom. The quantitative estimate of drug-likeness (QED) is 0.742. The molecule has 0 radical (unpaired) electrons. The molecule has 0 spiro atoms. The van der Waals surface area contributed by atoms with E-state index >= 15 is 0 Å². The molecular weight excluding hydrogens is 396 g/mol. The van der Waals surface area contributed by atoms with Gasteiger partial charge in [0, 0.05) is 48.7 Å². The molecule has 28 heavy (non-hydrogen) atoms. The molecule has 4 rings (SSSR count). The molecule has 1 aliphatic heterocycles. The summed E-state index contributed by atoms with van der Waals surface area (Å²) in [5, 5.41) is 0.726. The third-order valence-corrected chi connectivity index (χ3v) is 10.2. The summed E-state index contributed by atoms with van der Waals surface area (Å²) in [6.45, 7) is 8.33. The van der Waals surface area contributed by atoms with E-state index < -0.39 is 15.4 Å².